The number of thioether (sulfide) groups is 1. The third-order valence-corrected chi connectivity index (χ3v) is 4.77. The molecular weight excluding hydrogens is 293 g/mol. The number of carbonyl (C=O) groups is 2. The van der Waals surface area contributed by atoms with Crippen LogP contribution in [0.5, 0.6) is 0 Å². The molecule has 4 nitrogen and oxygen atoms in total. The summed E-state index contributed by atoms with van der Waals surface area (Å²) in [6.07, 6.45) is 0.984. The van der Waals surface area contributed by atoms with Crippen LogP contribution in [0, 0.1) is 0 Å². The number of benzene rings is 1. The first-order chi connectivity index (χ1) is 10.1. The molecule has 1 amide bonds. The Hall–Kier alpha value is -1.40. The molecule has 3 atom stereocenters. The van der Waals surface area contributed by atoms with Crippen LogP contribution in [0.2, 0.25) is 0 Å². The van der Waals surface area contributed by atoms with E-state index >= 15 is 0 Å². The molecule has 114 valence electrons. The van der Waals surface area contributed by atoms with Crippen LogP contribution in [0.1, 0.15) is 29.6 Å². The van der Waals surface area contributed by atoms with Crippen molar-refractivity contribution in [1.82, 2.24) is 5.32 Å². The summed E-state index contributed by atoms with van der Waals surface area (Å²) in [6, 6.07) is 8.68. The molecule has 0 spiro atoms. The van der Waals surface area contributed by atoms with E-state index in [-0.39, 0.29) is 16.4 Å². The van der Waals surface area contributed by atoms with Crippen molar-refractivity contribution in [1.29, 1.82) is 0 Å². The monoisotopic (exact) mass is 311 g/mol. The van der Waals surface area contributed by atoms with Gasteiger partial charge in [0.1, 0.15) is 0 Å². The van der Waals surface area contributed by atoms with Gasteiger partial charge >= 0.3 is 0 Å². The second-order valence-corrected chi connectivity index (χ2v) is 6.30. The average Bonchev–Trinajstić information content (AvgIpc) is 2.51. The summed E-state index contributed by atoms with van der Waals surface area (Å²) in [4.78, 5) is 23.2. The largest absolute Gasteiger partial charge is 0.392 e. The summed E-state index contributed by atoms with van der Waals surface area (Å²) >= 11 is 1.09. The summed E-state index contributed by atoms with van der Waals surface area (Å²) in [5, 5.41) is 12.2. The lowest BCUT2D eigenvalue weighted by molar-refractivity contribution is -0.123. The van der Waals surface area contributed by atoms with Gasteiger partial charge in [0, 0.05) is 16.9 Å². The minimum absolute atomic E-state index is 0.0999. The molecular formula is C15H18FNO3S. The Labute approximate surface area is 127 Å². The van der Waals surface area contributed by atoms with Crippen LogP contribution >= 0.6 is 11.8 Å². The molecule has 1 aromatic carbocycles. The Balaban J connectivity index is 1.94. The molecule has 0 unspecified atom stereocenters. The number of rotatable bonds is 4. The van der Waals surface area contributed by atoms with Crippen molar-refractivity contribution in [3.63, 3.8) is 0 Å². The van der Waals surface area contributed by atoms with Crippen LogP contribution in [-0.4, -0.2) is 40.2 Å². The molecule has 21 heavy (non-hydrogen) atoms. The van der Waals surface area contributed by atoms with Gasteiger partial charge in [-0.2, -0.15) is 0 Å². The van der Waals surface area contributed by atoms with Crippen molar-refractivity contribution in [2.45, 2.75) is 36.7 Å². The molecule has 0 bridgehead atoms. The summed E-state index contributed by atoms with van der Waals surface area (Å²) in [6.45, 7) is -1.04. The fourth-order valence-corrected chi connectivity index (χ4v) is 3.59. The quantitative estimate of drug-likeness (QED) is 0.891. The standard InChI is InChI=1S/C15H18FNO3S/c16-9-14(19)17-11-6-7-12(18)13(8-11)21-15(20)10-4-2-1-3-5-10/h1-5,11-13,18H,6-9H2,(H,17,19)/t11-,12+,13+/m1/s1. The number of aliphatic hydroxyl groups is 1. The van der Waals surface area contributed by atoms with Gasteiger partial charge in [-0.3, -0.25) is 9.59 Å². The van der Waals surface area contributed by atoms with Crippen molar-refractivity contribution >= 4 is 22.8 Å². The summed E-state index contributed by atoms with van der Waals surface area (Å²) in [5.41, 5.74) is 0.588. The van der Waals surface area contributed by atoms with E-state index in [9.17, 15) is 19.1 Å². The van der Waals surface area contributed by atoms with Crippen LogP contribution in [0.25, 0.3) is 0 Å². The zero-order chi connectivity index (χ0) is 15.2. The highest BCUT2D eigenvalue weighted by molar-refractivity contribution is 8.14. The van der Waals surface area contributed by atoms with Crippen molar-refractivity contribution in [2.75, 3.05) is 6.67 Å². The second-order valence-electron chi connectivity index (χ2n) is 5.09. The molecule has 0 radical (unpaired) electrons. The minimum Gasteiger partial charge on any atom is -0.392 e. The number of hydrogen-bond acceptors (Lipinski definition) is 4. The lowest BCUT2D eigenvalue weighted by Gasteiger charge is -2.32. The van der Waals surface area contributed by atoms with Crippen molar-refractivity contribution in [2.24, 2.45) is 0 Å². The number of carbonyl (C=O) groups excluding carboxylic acids is 2. The van der Waals surface area contributed by atoms with E-state index in [0.29, 0.717) is 24.8 Å². The Kier molecular flexibility index (Phi) is 5.76. The molecule has 1 aliphatic carbocycles. The van der Waals surface area contributed by atoms with Crippen LogP contribution in [0.4, 0.5) is 4.39 Å². The number of aliphatic hydroxyl groups excluding tert-OH is 1. The van der Waals surface area contributed by atoms with E-state index in [2.05, 4.69) is 5.32 Å². The predicted molar refractivity (Wildman–Crippen MR) is 79.9 cm³/mol. The number of hydrogen-bond donors (Lipinski definition) is 2. The topological polar surface area (TPSA) is 66.4 Å². The molecule has 1 fully saturated rings. The zero-order valence-electron chi connectivity index (χ0n) is 11.5. The summed E-state index contributed by atoms with van der Waals surface area (Å²) < 4.78 is 12.2. The highest BCUT2D eigenvalue weighted by Crippen LogP contribution is 2.31. The average molecular weight is 311 g/mol. The van der Waals surface area contributed by atoms with Crippen molar-refractivity contribution in [3.05, 3.63) is 35.9 Å². The SMILES string of the molecule is O=C(CF)N[C@@H]1CC[C@H](O)[C@@H](SC(=O)c2ccccc2)C1. The number of amides is 1. The van der Waals surface area contributed by atoms with Crippen molar-refractivity contribution < 1.29 is 19.1 Å². The van der Waals surface area contributed by atoms with Gasteiger partial charge in [-0.25, -0.2) is 4.39 Å². The van der Waals surface area contributed by atoms with Gasteiger partial charge < -0.3 is 10.4 Å². The van der Waals surface area contributed by atoms with Crippen LogP contribution in [0.15, 0.2) is 30.3 Å². The molecule has 0 heterocycles. The zero-order valence-corrected chi connectivity index (χ0v) is 12.3. The van der Waals surface area contributed by atoms with Gasteiger partial charge in [-0.1, -0.05) is 42.1 Å². The van der Waals surface area contributed by atoms with Gasteiger partial charge in [0.15, 0.2) is 6.67 Å². The summed E-state index contributed by atoms with van der Waals surface area (Å²) in [5.74, 6) is -0.644. The number of halogens is 1. The minimum atomic E-state index is -1.04. The summed E-state index contributed by atoms with van der Waals surface area (Å²) in [7, 11) is 0. The van der Waals surface area contributed by atoms with Gasteiger partial charge in [0.2, 0.25) is 5.12 Å². The van der Waals surface area contributed by atoms with Gasteiger partial charge in [-0.15, -0.1) is 0 Å². The van der Waals surface area contributed by atoms with Gasteiger partial charge in [0.05, 0.1) is 6.10 Å². The lowest BCUT2D eigenvalue weighted by atomic mass is 9.92. The number of alkyl halides is 1. The van der Waals surface area contributed by atoms with E-state index in [1.807, 2.05) is 6.07 Å². The predicted octanol–water partition coefficient (Wildman–Crippen LogP) is 1.93. The highest BCUT2D eigenvalue weighted by Gasteiger charge is 2.32. The van der Waals surface area contributed by atoms with Crippen LogP contribution < -0.4 is 5.32 Å². The first kappa shape index (κ1) is 16.0. The Morgan fingerprint density at radius 2 is 2.00 bits per heavy atom. The normalized spacial score (nSPS) is 25.3. The van der Waals surface area contributed by atoms with Gasteiger partial charge in [0.25, 0.3) is 5.91 Å². The molecule has 6 heteroatoms. The van der Waals surface area contributed by atoms with Crippen LogP contribution in [-0.2, 0) is 4.79 Å². The molecule has 0 saturated heterocycles. The van der Waals surface area contributed by atoms with E-state index in [0.717, 1.165) is 11.8 Å². The van der Waals surface area contributed by atoms with Gasteiger partial charge in [-0.05, 0) is 19.3 Å². The molecule has 0 aromatic heterocycles. The molecule has 2 N–H and O–H groups in total. The van der Waals surface area contributed by atoms with E-state index in [1.165, 1.54) is 0 Å². The molecule has 0 aliphatic heterocycles. The third kappa shape index (κ3) is 4.54. The first-order valence-electron chi connectivity index (χ1n) is 6.89. The highest BCUT2D eigenvalue weighted by atomic mass is 32.2. The second kappa shape index (κ2) is 7.56. The molecule has 1 aliphatic rings. The molecule has 1 saturated carbocycles. The lowest BCUT2D eigenvalue weighted by Crippen LogP contribution is -2.44. The van der Waals surface area contributed by atoms with Crippen molar-refractivity contribution in [3.8, 4) is 0 Å². The van der Waals surface area contributed by atoms with Crippen LogP contribution in [0.3, 0.4) is 0 Å². The Morgan fingerprint density at radius 3 is 2.67 bits per heavy atom. The van der Waals surface area contributed by atoms with E-state index < -0.39 is 18.7 Å². The maximum atomic E-state index is 12.2. The van der Waals surface area contributed by atoms with E-state index in [1.54, 1.807) is 24.3 Å². The Morgan fingerprint density at radius 1 is 1.29 bits per heavy atom. The maximum absolute atomic E-state index is 12.2. The molecule has 2 rings (SSSR count). The first-order valence-corrected chi connectivity index (χ1v) is 7.77. The maximum Gasteiger partial charge on any atom is 0.251 e. The smallest absolute Gasteiger partial charge is 0.251 e. The Bertz CT molecular complexity index is 497. The fourth-order valence-electron chi connectivity index (χ4n) is 2.42. The number of nitrogens with one attached hydrogen (secondary N) is 1. The third-order valence-electron chi connectivity index (χ3n) is 3.51. The molecule has 1 aromatic rings. The van der Waals surface area contributed by atoms with E-state index in [4.69, 9.17) is 0 Å². The fraction of sp³-hybridized carbons (Fsp3) is 0.467.